The molecule has 0 aliphatic carbocycles. The summed E-state index contributed by atoms with van der Waals surface area (Å²) in [6.45, 7) is 7.26. The van der Waals surface area contributed by atoms with Crippen molar-refractivity contribution in [1.82, 2.24) is 10.2 Å². The Hall–Kier alpha value is -0.860. The molecule has 20 heavy (non-hydrogen) atoms. The molecule has 0 aromatic heterocycles. The molecule has 0 saturated carbocycles. The van der Waals surface area contributed by atoms with Crippen LogP contribution in [0.3, 0.4) is 0 Å². The number of nitrogens with one attached hydrogen (secondary N) is 1. The summed E-state index contributed by atoms with van der Waals surface area (Å²) >= 11 is 0. The van der Waals surface area contributed by atoms with E-state index in [-0.39, 0.29) is 0 Å². The summed E-state index contributed by atoms with van der Waals surface area (Å²) < 4.78 is 0. The van der Waals surface area contributed by atoms with Gasteiger partial charge in [0.1, 0.15) is 0 Å². The average Bonchev–Trinajstić information content (AvgIpc) is 2.70. The van der Waals surface area contributed by atoms with E-state index in [0.29, 0.717) is 0 Å². The Morgan fingerprint density at radius 3 is 2.50 bits per heavy atom. The zero-order valence-electron chi connectivity index (χ0n) is 12.8. The molecule has 2 heteroatoms. The van der Waals surface area contributed by atoms with E-state index in [2.05, 4.69) is 41.4 Å². The first-order chi connectivity index (χ1) is 9.85. The van der Waals surface area contributed by atoms with Crippen LogP contribution in [0.2, 0.25) is 0 Å². The first-order valence-corrected chi connectivity index (χ1v) is 8.37. The van der Waals surface area contributed by atoms with Crippen LogP contribution in [0.4, 0.5) is 0 Å². The van der Waals surface area contributed by atoms with E-state index in [1.54, 1.807) is 11.1 Å². The maximum Gasteiger partial charge on any atom is 0.0197 e. The molecule has 1 N–H and O–H groups in total. The Morgan fingerprint density at radius 1 is 1.15 bits per heavy atom. The second kappa shape index (κ2) is 6.73. The third-order valence-corrected chi connectivity index (χ3v) is 5.17. The maximum absolute atomic E-state index is 3.73. The molecule has 2 aliphatic rings. The minimum atomic E-state index is 0.718. The minimum absolute atomic E-state index is 0.718. The highest BCUT2D eigenvalue weighted by Crippen LogP contribution is 2.21. The van der Waals surface area contributed by atoms with Gasteiger partial charge in [0.2, 0.25) is 0 Å². The van der Waals surface area contributed by atoms with Crippen LogP contribution in [0.5, 0.6) is 0 Å². The zero-order valence-corrected chi connectivity index (χ0v) is 12.8. The highest BCUT2D eigenvalue weighted by Gasteiger charge is 2.23. The minimum Gasteiger partial charge on any atom is -0.313 e. The van der Waals surface area contributed by atoms with Gasteiger partial charge >= 0.3 is 0 Å². The van der Waals surface area contributed by atoms with Gasteiger partial charge in [0.05, 0.1) is 0 Å². The molecule has 0 radical (unpaired) electrons. The van der Waals surface area contributed by atoms with Crippen molar-refractivity contribution in [1.29, 1.82) is 0 Å². The van der Waals surface area contributed by atoms with Gasteiger partial charge in [0.25, 0.3) is 0 Å². The lowest BCUT2D eigenvalue weighted by Crippen LogP contribution is -2.46. The van der Waals surface area contributed by atoms with Gasteiger partial charge in [-0.05, 0) is 49.3 Å². The van der Waals surface area contributed by atoms with E-state index < -0.39 is 0 Å². The maximum atomic E-state index is 3.73. The van der Waals surface area contributed by atoms with Crippen LogP contribution in [-0.4, -0.2) is 37.1 Å². The number of nitrogens with zero attached hydrogens (tertiary/aromatic N) is 1. The van der Waals surface area contributed by atoms with E-state index in [0.717, 1.165) is 12.0 Å². The lowest BCUT2D eigenvalue weighted by Gasteiger charge is -2.33. The van der Waals surface area contributed by atoms with Gasteiger partial charge in [-0.3, -0.25) is 0 Å². The first-order valence-electron chi connectivity index (χ1n) is 8.37. The molecule has 2 unspecified atom stereocenters. The molecule has 2 heterocycles. The Bertz CT molecular complexity index is 402. The zero-order chi connectivity index (χ0) is 13.8. The Morgan fingerprint density at radius 2 is 1.85 bits per heavy atom. The average molecular weight is 272 g/mol. The fourth-order valence-corrected chi connectivity index (χ4v) is 3.81. The fraction of sp³-hybridized carbons (Fsp3) is 0.667. The number of piperidine rings is 1. The van der Waals surface area contributed by atoms with Crippen molar-refractivity contribution >= 4 is 0 Å². The van der Waals surface area contributed by atoms with Crippen molar-refractivity contribution in [2.75, 3.05) is 26.2 Å². The number of rotatable bonds is 3. The van der Waals surface area contributed by atoms with E-state index in [1.807, 2.05) is 0 Å². The molecule has 2 atom stereocenters. The molecule has 110 valence electrons. The van der Waals surface area contributed by atoms with Crippen LogP contribution in [0.15, 0.2) is 24.3 Å². The molecule has 2 aliphatic heterocycles. The lowest BCUT2D eigenvalue weighted by atomic mass is 9.90. The summed E-state index contributed by atoms with van der Waals surface area (Å²) in [7, 11) is 0. The van der Waals surface area contributed by atoms with Crippen molar-refractivity contribution in [3.8, 4) is 0 Å². The highest BCUT2D eigenvalue weighted by molar-refractivity contribution is 5.28. The van der Waals surface area contributed by atoms with Gasteiger partial charge < -0.3 is 10.2 Å². The van der Waals surface area contributed by atoms with Crippen LogP contribution in [-0.2, 0) is 12.8 Å². The normalized spacial score (nSPS) is 27.9. The van der Waals surface area contributed by atoms with Gasteiger partial charge in [-0.1, -0.05) is 37.6 Å². The van der Waals surface area contributed by atoms with E-state index in [1.165, 1.54) is 58.3 Å². The van der Waals surface area contributed by atoms with Gasteiger partial charge in [0, 0.05) is 25.7 Å². The van der Waals surface area contributed by atoms with Crippen molar-refractivity contribution in [2.24, 2.45) is 5.92 Å². The van der Waals surface area contributed by atoms with Crippen LogP contribution in [0, 0.1) is 5.92 Å². The SMILES string of the molecule is CCC1CCNC(CN2CCc3ccccc3CC2)C1. The molecule has 1 aromatic rings. The summed E-state index contributed by atoms with van der Waals surface area (Å²) in [5.41, 5.74) is 3.14. The van der Waals surface area contributed by atoms with Crippen LogP contribution >= 0.6 is 0 Å². The van der Waals surface area contributed by atoms with Gasteiger partial charge in [0.15, 0.2) is 0 Å². The topological polar surface area (TPSA) is 15.3 Å². The third-order valence-electron chi connectivity index (χ3n) is 5.17. The number of hydrogen-bond acceptors (Lipinski definition) is 2. The van der Waals surface area contributed by atoms with Crippen molar-refractivity contribution in [3.63, 3.8) is 0 Å². The molecule has 1 saturated heterocycles. The molecule has 3 rings (SSSR count). The highest BCUT2D eigenvalue weighted by atomic mass is 15.1. The summed E-state index contributed by atoms with van der Waals surface area (Å²) in [5.74, 6) is 0.949. The number of benzene rings is 1. The number of hydrogen-bond donors (Lipinski definition) is 1. The monoisotopic (exact) mass is 272 g/mol. The molecule has 2 nitrogen and oxygen atoms in total. The summed E-state index contributed by atoms with van der Waals surface area (Å²) in [5, 5.41) is 3.73. The number of fused-ring (bicyclic) bond motifs is 1. The molecule has 0 amide bonds. The molecule has 1 fully saturated rings. The van der Waals surface area contributed by atoms with Crippen LogP contribution in [0.1, 0.15) is 37.3 Å². The largest absolute Gasteiger partial charge is 0.313 e. The van der Waals surface area contributed by atoms with Gasteiger partial charge in [-0.15, -0.1) is 0 Å². The second-order valence-electron chi connectivity index (χ2n) is 6.52. The molecular formula is C18H28N2. The first kappa shape index (κ1) is 14.1. The predicted octanol–water partition coefficient (Wildman–Crippen LogP) is 2.87. The quantitative estimate of drug-likeness (QED) is 0.910. The summed E-state index contributed by atoms with van der Waals surface area (Å²) in [6.07, 6.45) is 6.54. The molecular weight excluding hydrogens is 244 g/mol. The van der Waals surface area contributed by atoms with Crippen molar-refractivity contribution < 1.29 is 0 Å². The predicted molar refractivity (Wildman–Crippen MR) is 85.1 cm³/mol. The van der Waals surface area contributed by atoms with Crippen molar-refractivity contribution in [3.05, 3.63) is 35.4 Å². The lowest BCUT2D eigenvalue weighted by molar-refractivity contribution is 0.205. The molecule has 0 bridgehead atoms. The summed E-state index contributed by atoms with van der Waals surface area (Å²) in [6, 6.07) is 9.71. The van der Waals surface area contributed by atoms with Crippen LogP contribution < -0.4 is 5.32 Å². The van der Waals surface area contributed by atoms with Gasteiger partial charge in [-0.2, -0.15) is 0 Å². The summed E-state index contributed by atoms with van der Waals surface area (Å²) in [4.78, 5) is 2.68. The second-order valence-corrected chi connectivity index (χ2v) is 6.52. The Kier molecular flexibility index (Phi) is 4.74. The standard InChI is InChI=1S/C18H28N2/c1-2-15-7-10-19-18(13-15)14-20-11-8-16-5-3-4-6-17(16)9-12-20/h3-6,15,18-19H,2,7-14H2,1H3. The fourth-order valence-electron chi connectivity index (χ4n) is 3.81. The smallest absolute Gasteiger partial charge is 0.0197 e. The van der Waals surface area contributed by atoms with Crippen LogP contribution in [0.25, 0.3) is 0 Å². The van der Waals surface area contributed by atoms with Gasteiger partial charge in [-0.25, -0.2) is 0 Å². The Labute approximate surface area is 123 Å². The van der Waals surface area contributed by atoms with E-state index >= 15 is 0 Å². The third kappa shape index (κ3) is 3.42. The molecule has 1 aromatic carbocycles. The van der Waals surface area contributed by atoms with E-state index in [9.17, 15) is 0 Å². The van der Waals surface area contributed by atoms with Crippen molar-refractivity contribution in [2.45, 2.75) is 45.1 Å². The Balaban J connectivity index is 1.55. The molecule has 0 spiro atoms. The van der Waals surface area contributed by atoms with E-state index in [4.69, 9.17) is 0 Å².